The van der Waals surface area contributed by atoms with Gasteiger partial charge in [0.25, 0.3) is 0 Å². The molecule has 0 aliphatic heterocycles. The molecule has 0 fully saturated rings. The lowest BCUT2D eigenvalue weighted by atomic mass is 10.2. The van der Waals surface area contributed by atoms with E-state index in [-0.39, 0.29) is 17.0 Å². The van der Waals surface area contributed by atoms with E-state index in [4.69, 9.17) is 4.74 Å². The van der Waals surface area contributed by atoms with Crippen molar-refractivity contribution < 1.29 is 17.9 Å². The lowest BCUT2D eigenvalue weighted by Gasteiger charge is -2.15. The van der Waals surface area contributed by atoms with Crippen molar-refractivity contribution in [2.24, 2.45) is 0 Å². The van der Waals surface area contributed by atoms with Gasteiger partial charge < -0.3 is 15.4 Å². The normalized spacial score (nSPS) is 12.7. The van der Waals surface area contributed by atoms with Crippen molar-refractivity contribution in [1.82, 2.24) is 10.0 Å². The van der Waals surface area contributed by atoms with Crippen molar-refractivity contribution in [2.75, 3.05) is 26.1 Å². The maximum Gasteiger partial charge on any atom is 0.319 e. The number of sulfonamides is 1. The molecule has 1 atom stereocenters. The van der Waals surface area contributed by atoms with Crippen LogP contribution < -0.4 is 15.4 Å². The number of anilines is 1. The summed E-state index contributed by atoms with van der Waals surface area (Å²) in [6.07, 6.45) is 0.692. The lowest BCUT2D eigenvalue weighted by Crippen LogP contribution is -2.36. The SMILES string of the molecule is CNS(=O)(=O)c1cc(NC(=O)N[C@@H](C)CCOC)ccc1C. The highest BCUT2D eigenvalue weighted by Gasteiger charge is 2.16. The molecule has 2 amide bonds. The topological polar surface area (TPSA) is 96.5 Å². The van der Waals surface area contributed by atoms with Gasteiger partial charge in [-0.2, -0.15) is 0 Å². The second kappa shape index (κ2) is 8.11. The van der Waals surface area contributed by atoms with E-state index in [1.165, 1.54) is 13.1 Å². The first-order valence-electron chi connectivity index (χ1n) is 6.90. The van der Waals surface area contributed by atoms with Gasteiger partial charge in [0.2, 0.25) is 10.0 Å². The molecule has 22 heavy (non-hydrogen) atoms. The van der Waals surface area contributed by atoms with Crippen LogP contribution in [0.3, 0.4) is 0 Å². The maximum absolute atomic E-state index is 11.9. The maximum atomic E-state index is 11.9. The summed E-state index contributed by atoms with van der Waals surface area (Å²) in [5, 5.41) is 5.38. The Kier molecular flexibility index (Phi) is 6.79. The Morgan fingerprint density at radius 2 is 2.05 bits per heavy atom. The number of hydrogen-bond donors (Lipinski definition) is 3. The van der Waals surface area contributed by atoms with Crippen LogP contribution in [0.5, 0.6) is 0 Å². The monoisotopic (exact) mass is 329 g/mol. The van der Waals surface area contributed by atoms with E-state index in [0.29, 0.717) is 24.3 Å². The van der Waals surface area contributed by atoms with Crippen molar-refractivity contribution in [3.63, 3.8) is 0 Å². The van der Waals surface area contributed by atoms with Crippen LogP contribution in [0, 0.1) is 6.92 Å². The number of rotatable bonds is 7. The second-order valence-corrected chi connectivity index (χ2v) is 6.82. The van der Waals surface area contributed by atoms with Crippen molar-refractivity contribution in [3.8, 4) is 0 Å². The summed E-state index contributed by atoms with van der Waals surface area (Å²) in [5.41, 5.74) is 1.02. The van der Waals surface area contributed by atoms with E-state index in [0.717, 1.165) is 0 Å². The summed E-state index contributed by atoms with van der Waals surface area (Å²) in [6, 6.07) is 4.30. The molecule has 0 aromatic heterocycles. The molecule has 1 aromatic rings. The Labute approximate surface area is 131 Å². The predicted octanol–water partition coefficient (Wildman–Crippen LogP) is 1.45. The number of amides is 2. The van der Waals surface area contributed by atoms with Gasteiger partial charge in [0.1, 0.15) is 0 Å². The highest BCUT2D eigenvalue weighted by molar-refractivity contribution is 7.89. The molecule has 8 heteroatoms. The molecule has 1 aromatic carbocycles. The van der Waals surface area contributed by atoms with Crippen molar-refractivity contribution in [1.29, 1.82) is 0 Å². The molecule has 0 spiro atoms. The zero-order chi connectivity index (χ0) is 16.8. The number of hydrogen-bond acceptors (Lipinski definition) is 4. The van der Waals surface area contributed by atoms with Gasteiger partial charge >= 0.3 is 6.03 Å². The molecule has 0 saturated heterocycles. The smallest absolute Gasteiger partial charge is 0.319 e. The van der Waals surface area contributed by atoms with Gasteiger partial charge in [-0.1, -0.05) is 6.07 Å². The first kappa shape index (κ1) is 18.4. The molecule has 0 radical (unpaired) electrons. The van der Waals surface area contributed by atoms with E-state index in [1.54, 1.807) is 26.2 Å². The fraction of sp³-hybridized carbons (Fsp3) is 0.500. The van der Waals surface area contributed by atoms with Gasteiger partial charge in [-0.15, -0.1) is 0 Å². The van der Waals surface area contributed by atoms with Gasteiger partial charge in [-0.3, -0.25) is 0 Å². The van der Waals surface area contributed by atoms with E-state index in [1.807, 2.05) is 6.92 Å². The molecule has 0 heterocycles. The van der Waals surface area contributed by atoms with E-state index < -0.39 is 10.0 Å². The fourth-order valence-electron chi connectivity index (χ4n) is 1.84. The minimum Gasteiger partial charge on any atom is -0.385 e. The quantitative estimate of drug-likeness (QED) is 0.705. The van der Waals surface area contributed by atoms with Gasteiger partial charge in [0.05, 0.1) is 4.90 Å². The Hall–Kier alpha value is -1.64. The minimum atomic E-state index is -3.56. The first-order chi connectivity index (χ1) is 10.3. The largest absolute Gasteiger partial charge is 0.385 e. The molecule has 1 rings (SSSR count). The zero-order valence-electron chi connectivity index (χ0n) is 13.3. The highest BCUT2D eigenvalue weighted by atomic mass is 32.2. The number of nitrogens with one attached hydrogen (secondary N) is 3. The van der Waals surface area contributed by atoms with Crippen LogP contribution in [0.2, 0.25) is 0 Å². The molecule has 7 nitrogen and oxygen atoms in total. The molecule has 3 N–H and O–H groups in total. The molecule has 124 valence electrons. The summed E-state index contributed by atoms with van der Waals surface area (Å²) in [6.45, 7) is 4.11. The van der Waals surface area contributed by atoms with Gasteiger partial charge in [-0.25, -0.2) is 17.9 Å². The van der Waals surface area contributed by atoms with Crippen LogP contribution in [0.15, 0.2) is 23.1 Å². The van der Waals surface area contributed by atoms with Crippen LogP contribution in [-0.4, -0.2) is 41.3 Å². The third-order valence-electron chi connectivity index (χ3n) is 3.14. The molecular formula is C14H23N3O4S. The van der Waals surface area contributed by atoms with Crippen LogP contribution in [0.25, 0.3) is 0 Å². The average Bonchev–Trinajstić information content (AvgIpc) is 2.46. The third-order valence-corrected chi connectivity index (χ3v) is 4.69. The van der Waals surface area contributed by atoms with Gasteiger partial charge in [0.15, 0.2) is 0 Å². The first-order valence-corrected chi connectivity index (χ1v) is 8.39. The number of carbonyl (C=O) groups excluding carboxylic acids is 1. The zero-order valence-corrected chi connectivity index (χ0v) is 14.1. The summed E-state index contributed by atoms with van der Waals surface area (Å²) in [5.74, 6) is 0. The Bertz CT molecular complexity index is 617. The predicted molar refractivity (Wildman–Crippen MR) is 85.5 cm³/mol. The molecule has 0 aliphatic rings. The lowest BCUT2D eigenvalue weighted by molar-refractivity contribution is 0.185. The number of ether oxygens (including phenoxy) is 1. The molecule has 0 bridgehead atoms. The molecule has 0 saturated carbocycles. The van der Waals surface area contributed by atoms with Crippen molar-refractivity contribution in [3.05, 3.63) is 23.8 Å². The summed E-state index contributed by atoms with van der Waals surface area (Å²) >= 11 is 0. The highest BCUT2D eigenvalue weighted by Crippen LogP contribution is 2.19. The van der Waals surface area contributed by atoms with Crippen LogP contribution in [-0.2, 0) is 14.8 Å². The van der Waals surface area contributed by atoms with Gasteiger partial charge in [0, 0.05) is 25.4 Å². The second-order valence-electron chi connectivity index (χ2n) is 4.97. The summed E-state index contributed by atoms with van der Waals surface area (Å²) in [7, 11) is -0.614. The van der Waals surface area contributed by atoms with E-state index >= 15 is 0 Å². The van der Waals surface area contributed by atoms with Gasteiger partial charge in [-0.05, 0) is 45.0 Å². The molecular weight excluding hydrogens is 306 g/mol. The molecule has 0 aliphatic carbocycles. The fourth-order valence-corrected chi connectivity index (χ4v) is 2.83. The van der Waals surface area contributed by atoms with Crippen molar-refractivity contribution >= 4 is 21.7 Å². The number of methoxy groups -OCH3 is 1. The van der Waals surface area contributed by atoms with Crippen molar-refractivity contribution in [2.45, 2.75) is 31.2 Å². The third kappa shape index (κ3) is 5.28. The molecule has 0 unspecified atom stereocenters. The standard InChI is InChI=1S/C14H23N3O4S/c1-10-5-6-12(9-13(10)22(19,20)15-3)17-14(18)16-11(2)7-8-21-4/h5-6,9,11,15H,7-8H2,1-4H3,(H2,16,17,18)/t11-/m0/s1. The Morgan fingerprint density at radius 1 is 1.36 bits per heavy atom. The number of urea groups is 1. The number of carbonyl (C=O) groups is 1. The summed E-state index contributed by atoms with van der Waals surface area (Å²) < 4.78 is 31.0. The van der Waals surface area contributed by atoms with E-state index in [9.17, 15) is 13.2 Å². The van der Waals surface area contributed by atoms with Crippen LogP contribution >= 0.6 is 0 Å². The van der Waals surface area contributed by atoms with Crippen LogP contribution in [0.4, 0.5) is 10.5 Å². The van der Waals surface area contributed by atoms with E-state index in [2.05, 4.69) is 15.4 Å². The van der Waals surface area contributed by atoms with Crippen LogP contribution in [0.1, 0.15) is 18.9 Å². The number of benzene rings is 1. The minimum absolute atomic E-state index is 0.0501. The Balaban J connectivity index is 2.78. The number of aryl methyl sites for hydroxylation is 1. The average molecular weight is 329 g/mol. The summed E-state index contributed by atoms with van der Waals surface area (Å²) in [4.78, 5) is 12.0. The Morgan fingerprint density at radius 3 is 2.64 bits per heavy atom.